The molecule has 0 atom stereocenters. The minimum atomic E-state index is -0.812. The third-order valence-electron chi connectivity index (χ3n) is 4.99. The number of nitrogens with zero attached hydrogens (tertiary/aromatic N) is 2. The fourth-order valence-electron chi connectivity index (χ4n) is 3.45. The first-order valence-corrected chi connectivity index (χ1v) is 8.94. The van der Waals surface area contributed by atoms with E-state index in [1.165, 1.54) is 4.90 Å². The summed E-state index contributed by atoms with van der Waals surface area (Å²) in [5.74, 6) is -1.47. The van der Waals surface area contributed by atoms with Crippen molar-refractivity contribution in [3.63, 3.8) is 0 Å². The molecule has 25 heavy (non-hydrogen) atoms. The number of imide groups is 1. The normalized spacial score (nSPS) is 19.4. The van der Waals surface area contributed by atoms with Gasteiger partial charge in [0.15, 0.2) is 6.61 Å². The van der Waals surface area contributed by atoms with Crippen molar-refractivity contribution in [2.24, 2.45) is 0 Å². The predicted octanol–water partition coefficient (Wildman–Crippen LogP) is 1.04. The fourth-order valence-corrected chi connectivity index (χ4v) is 3.45. The molecule has 1 spiro atoms. The summed E-state index contributed by atoms with van der Waals surface area (Å²) in [4.78, 5) is 51.0. The topological polar surface area (TPSA) is 96.0 Å². The van der Waals surface area contributed by atoms with E-state index in [9.17, 15) is 19.2 Å². The monoisotopic (exact) mass is 353 g/mol. The van der Waals surface area contributed by atoms with Gasteiger partial charge >= 0.3 is 12.0 Å². The van der Waals surface area contributed by atoms with Crippen LogP contribution in [0.4, 0.5) is 4.79 Å². The van der Waals surface area contributed by atoms with E-state index in [4.69, 9.17) is 4.74 Å². The Hall–Kier alpha value is -2.12. The van der Waals surface area contributed by atoms with Gasteiger partial charge < -0.3 is 15.0 Å². The van der Waals surface area contributed by atoms with Crippen molar-refractivity contribution in [2.45, 2.75) is 57.4 Å². The maximum Gasteiger partial charge on any atom is 0.327 e. The lowest BCUT2D eigenvalue weighted by Crippen LogP contribution is -2.49. The highest BCUT2D eigenvalue weighted by atomic mass is 16.5. The molecule has 4 amide bonds. The van der Waals surface area contributed by atoms with Crippen LogP contribution in [0.1, 0.15) is 51.9 Å². The summed E-state index contributed by atoms with van der Waals surface area (Å²) in [5, 5.41) is 2.63. The number of hydrogen-bond acceptors (Lipinski definition) is 5. The third-order valence-corrected chi connectivity index (χ3v) is 4.99. The van der Waals surface area contributed by atoms with Gasteiger partial charge in [-0.05, 0) is 19.3 Å². The lowest BCUT2D eigenvalue weighted by atomic mass is 9.81. The average Bonchev–Trinajstić information content (AvgIpc) is 2.77. The first-order valence-electron chi connectivity index (χ1n) is 8.94. The standard InChI is InChI=1S/C17H27N3O5/c1-3-4-10-18-13(21)12-25-14(22)11-20-15(23)17(19(2)16(20)24)8-6-5-7-9-17/h3-12H2,1-2H3,(H,18,21). The molecule has 0 radical (unpaired) electrons. The van der Waals surface area contributed by atoms with Crippen LogP contribution in [-0.2, 0) is 19.1 Å². The number of hydrogen-bond donors (Lipinski definition) is 1. The highest BCUT2D eigenvalue weighted by Crippen LogP contribution is 2.39. The van der Waals surface area contributed by atoms with Crippen LogP contribution in [0.2, 0.25) is 0 Å². The predicted molar refractivity (Wildman–Crippen MR) is 89.6 cm³/mol. The SMILES string of the molecule is CCCCNC(=O)COC(=O)CN1C(=O)N(C)C2(CCCCC2)C1=O. The first kappa shape index (κ1) is 19.2. The zero-order valence-corrected chi connectivity index (χ0v) is 15.0. The van der Waals surface area contributed by atoms with Crippen LogP contribution in [0.15, 0.2) is 0 Å². The molecule has 2 rings (SSSR count). The molecule has 0 bridgehead atoms. The Balaban J connectivity index is 1.87. The first-order chi connectivity index (χ1) is 11.9. The molecule has 0 unspecified atom stereocenters. The van der Waals surface area contributed by atoms with E-state index in [2.05, 4.69) is 5.32 Å². The number of amides is 4. The summed E-state index contributed by atoms with van der Waals surface area (Å²) < 4.78 is 4.89. The number of carbonyl (C=O) groups is 4. The second-order valence-electron chi connectivity index (χ2n) is 6.69. The number of urea groups is 1. The van der Waals surface area contributed by atoms with E-state index < -0.39 is 30.7 Å². The summed E-state index contributed by atoms with van der Waals surface area (Å²) in [6, 6.07) is -0.476. The lowest BCUT2D eigenvalue weighted by molar-refractivity contribution is -0.151. The van der Waals surface area contributed by atoms with Crippen LogP contribution in [0, 0.1) is 0 Å². The lowest BCUT2D eigenvalue weighted by Gasteiger charge is -2.35. The van der Waals surface area contributed by atoms with Gasteiger partial charge in [0, 0.05) is 13.6 Å². The van der Waals surface area contributed by atoms with Crippen LogP contribution in [0.5, 0.6) is 0 Å². The van der Waals surface area contributed by atoms with Crippen LogP contribution >= 0.6 is 0 Å². The zero-order valence-electron chi connectivity index (χ0n) is 15.0. The molecule has 2 fully saturated rings. The number of unbranched alkanes of at least 4 members (excludes halogenated alkanes) is 1. The van der Waals surface area contributed by atoms with E-state index in [0.717, 1.165) is 37.0 Å². The van der Waals surface area contributed by atoms with Crippen molar-refractivity contribution in [3.8, 4) is 0 Å². The third kappa shape index (κ3) is 4.11. The van der Waals surface area contributed by atoms with E-state index in [0.29, 0.717) is 19.4 Å². The van der Waals surface area contributed by atoms with Crippen molar-refractivity contribution in [3.05, 3.63) is 0 Å². The van der Waals surface area contributed by atoms with E-state index in [1.54, 1.807) is 7.05 Å². The molecule has 140 valence electrons. The second-order valence-corrected chi connectivity index (χ2v) is 6.69. The Morgan fingerprint density at radius 3 is 2.52 bits per heavy atom. The summed E-state index contributed by atoms with van der Waals surface area (Å²) in [7, 11) is 1.61. The number of carbonyl (C=O) groups excluding carboxylic acids is 4. The molecule has 1 saturated carbocycles. The van der Waals surface area contributed by atoms with Gasteiger partial charge in [-0.15, -0.1) is 0 Å². The van der Waals surface area contributed by atoms with Gasteiger partial charge in [0.1, 0.15) is 12.1 Å². The number of rotatable bonds is 7. The van der Waals surface area contributed by atoms with Crippen molar-refractivity contribution < 1.29 is 23.9 Å². The molecule has 1 N–H and O–H groups in total. The Bertz CT molecular complexity index is 542. The Morgan fingerprint density at radius 1 is 1.20 bits per heavy atom. The Morgan fingerprint density at radius 2 is 1.88 bits per heavy atom. The molecule has 0 aromatic heterocycles. The minimum absolute atomic E-state index is 0.330. The average molecular weight is 353 g/mol. The van der Waals surface area contributed by atoms with Gasteiger partial charge in [-0.1, -0.05) is 32.6 Å². The molecule has 1 aliphatic carbocycles. The quantitative estimate of drug-likeness (QED) is 0.419. The second kappa shape index (κ2) is 8.31. The molecular formula is C17H27N3O5. The highest BCUT2D eigenvalue weighted by Gasteiger charge is 2.55. The zero-order chi connectivity index (χ0) is 18.4. The van der Waals surface area contributed by atoms with Crippen molar-refractivity contribution in [1.29, 1.82) is 0 Å². The molecule has 0 aromatic carbocycles. The number of esters is 1. The molecule has 2 aliphatic rings. The van der Waals surface area contributed by atoms with Gasteiger partial charge in [-0.3, -0.25) is 19.3 Å². The van der Waals surface area contributed by atoms with Crippen LogP contribution in [0.3, 0.4) is 0 Å². The maximum absolute atomic E-state index is 12.7. The minimum Gasteiger partial charge on any atom is -0.454 e. The Kier molecular flexibility index (Phi) is 6.39. The number of ether oxygens (including phenoxy) is 1. The summed E-state index contributed by atoms with van der Waals surface area (Å²) in [6.07, 6.45) is 5.88. The largest absolute Gasteiger partial charge is 0.454 e. The molecule has 8 heteroatoms. The van der Waals surface area contributed by atoms with Crippen molar-refractivity contribution >= 4 is 23.8 Å². The molecular weight excluding hydrogens is 326 g/mol. The molecule has 8 nitrogen and oxygen atoms in total. The van der Waals surface area contributed by atoms with E-state index >= 15 is 0 Å². The van der Waals surface area contributed by atoms with Gasteiger partial charge in [-0.2, -0.15) is 0 Å². The van der Waals surface area contributed by atoms with Gasteiger partial charge in [0.25, 0.3) is 11.8 Å². The van der Waals surface area contributed by atoms with Crippen LogP contribution in [0.25, 0.3) is 0 Å². The van der Waals surface area contributed by atoms with Gasteiger partial charge in [-0.25, -0.2) is 4.79 Å². The maximum atomic E-state index is 12.7. The summed E-state index contributed by atoms with van der Waals surface area (Å²) >= 11 is 0. The molecule has 1 heterocycles. The van der Waals surface area contributed by atoms with E-state index in [-0.39, 0.29) is 11.8 Å². The number of nitrogens with one attached hydrogen (secondary N) is 1. The van der Waals surface area contributed by atoms with Crippen LogP contribution < -0.4 is 5.32 Å². The van der Waals surface area contributed by atoms with Gasteiger partial charge in [0.05, 0.1) is 0 Å². The molecule has 1 aliphatic heterocycles. The smallest absolute Gasteiger partial charge is 0.327 e. The molecule has 0 aromatic rings. The van der Waals surface area contributed by atoms with Crippen molar-refractivity contribution in [2.75, 3.05) is 26.7 Å². The van der Waals surface area contributed by atoms with Gasteiger partial charge in [0.2, 0.25) is 0 Å². The van der Waals surface area contributed by atoms with Crippen LogP contribution in [-0.4, -0.2) is 65.9 Å². The van der Waals surface area contributed by atoms with E-state index in [1.807, 2.05) is 6.92 Å². The number of likely N-dealkylation sites (N-methyl/N-ethyl adjacent to an activating group) is 1. The molecule has 1 saturated heterocycles. The Labute approximate surface area is 147 Å². The summed E-state index contributed by atoms with van der Waals surface area (Å²) in [5.41, 5.74) is -0.812. The summed E-state index contributed by atoms with van der Waals surface area (Å²) in [6.45, 7) is 1.68. The van der Waals surface area contributed by atoms with Crippen molar-refractivity contribution in [1.82, 2.24) is 15.1 Å². The fraction of sp³-hybridized carbons (Fsp3) is 0.765. The highest BCUT2D eigenvalue weighted by molar-refractivity contribution is 6.08.